The molecule has 0 radical (unpaired) electrons. The minimum atomic E-state index is -0.0313. The Labute approximate surface area is 159 Å². The molecule has 0 spiro atoms. The smallest absolute Gasteiger partial charge is 0.224 e. The molecule has 7 heteroatoms. The van der Waals surface area contributed by atoms with Gasteiger partial charge in [0.15, 0.2) is 0 Å². The molecule has 1 aliphatic rings. The summed E-state index contributed by atoms with van der Waals surface area (Å²) in [7, 11) is 1.66. The van der Waals surface area contributed by atoms with Gasteiger partial charge >= 0.3 is 0 Å². The number of aryl methyl sites for hydroxylation is 2. The molecule has 3 rings (SSSR count). The summed E-state index contributed by atoms with van der Waals surface area (Å²) in [5, 5.41) is 6.99. The lowest BCUT2D eigenvalue weighted by Crippen LogP contribution is -2.44. The van der Waals surface area contributed by atoms with E-state index in [4.69, 9.17) is 14.0 Å². The predicted molar refractivity (Wildman–Crippen MR) is 101 cm³/mol. The summed E-state index contributed by atoms with van der Waals surface area (Å²) in [6.07, 6.45) is 0.277. The van der Waals surface area contributed by atoms with Crippen molar-refractivity contribution in [3.8, 4) is 5.75 Å². The van der Waals surface area contributed by atoms with Crippen molar-refractivity contribution in [3.05, 3.63) is 46.8 Å². The second-order valence-electron chi connectivity index (χ2n) is 6.72. The molecule has 1 amide bonds. The second-order valence-corrected chi connectivity index (χ2v) is 6.72. The van der Waals surface area contributed by atoms with Crippen molar-refractivity contribution in [1.82, 2.24) is 15.4 Å². The molecule has 146 valence electrons. The molecule has 7 nitrogen and oxygen atoms in total. The normalized spacial score (nSPS) is 16.1. The molecule has 1 saturated heterocycles. The lowest BCUT2D eigenvalue weighted by molar-refractivity contribution is -0.120. The maximum Gasteiger partial charge on any atom is 0.224 e. The fourth-order valence-corrected chi connectivity index (χ4v) is 3.36. The van der Waals surface area contributed by atoms with Gasteiger partial charge < -0.3 is 19.3 Å². The highest BCUT2D eigenvalue weighted by molar-refractivity contribution is 5.79. The number of carbonyl (C=O) groups excluding carboxylic acids is 1. The van der Waals surface area contributed by atoms with Crippen LogP contribution in [0, 0.1) is 13.8 Å². The van der Waals surface area contributed by atoms with Crippen molar-refractivity contribution in [2.24, 2.45) is 0 Å². The molecule has 2 aromatic rings. The zero-order chi connectivity index (χ0) is 19.2. The SMILES string of the molecule is COc1ccc(C(CNC(=O)Cc2c(C)noc2C)N2CCOCC2)cc1. The summed E-state index contributed by atoms with van der Waals surface area (Å²) in [5.74, 6) is 1.49. The average molecular weight is 373 g/mol. The van der Waals surface area contributed by atoms with Gasteiger partial charge in [-0.2, -0.15) is 0 Å². The Balaban J connectivity index is 1.67. The van der Waals surface area contributed by atoms with E-state index in [0.717, 1.165) is 35.7 Å². The van der Waals surface area contributed by atoms with E-state index in [1.54, 1.807) is 7.11 Å². The number of aromatic nitrogens is 1. The van der Waals surface area contributed by atoms with E-state index in [2.05, 4.69) is 27.5 Å². The van der Waals surface area contributed by atoms with E-state index in [-0.39, 0.29) is 18.4 Å². The van der Waals surface area contributed by atoms with Crippen LogP contribution in [0.3, 0.4) is 0 Å². The van der Waals surface area contributed by atoms with E-state index in [0.29, 0.717) is 25.5 Å². The van der Waals surface area contributed by atoms with Gasteiger partial charge in [0.05, 0.1) is 38.5 Å². The fraction of sp³-hybridized carbons (Fsp3) is 0.500. The van der Waals surface area contributed by atoms with Crippen molar-refractivity contribution in [3.63, 3.8) is 0 Å². The monoisotopic (exact) mass is 373 g/mol. The van der Waals surface area contributed by atoms with Crippen molar-refractivity contribution >= 4 is 5.91 Å². The Kier molecular flexibility index (Phi) is 6.47. The van der Waals surface area contributed by atoms with Gasteiger partial charge in [0.2, 0.25) is 5.91 Å². The van der Waals surface area contributed by atoms with Crippen molar-refractivity contribution < 1.29 is 18.8 Å². The van der Waals surface area contributed by atoms with E-state index in [1.807, 2.05) is 26.0 Å². The van der Waals surface area contributed by atoms with Crippen LogP contribution in [0.5, 0.6) is 5.75 Å². The number of nitrogens with zero attached hydrogens (tertiary/aromatic N) is 2. The lowest BCUT2D eigenvalue weighted by Gasteiger charge is -2.35. The third-order valence-electron chi connectivity index (χ3n) is 5.00. The van der Waals surface area contributed by atoms with Gasteiger partial charge in [-0.1, -0.05) is 17.3 Å². The summed E-state index contributed by atoms with van der Waals surface area (Å²) in [6, 6.07) is 8.11. The summed E-state index contributed by atoms with van der Waals surface area (Å²) in [4.78, 5) is 14.8. The molecule has 1 atom stereocenters. The van der Waals surface area contributed by atoms with Crippen LogP contribution in [-0.4, -0.2) is 55.9 Å². The summed E-state index contributed by atoms with van der Waals surface area (Å²) in [6.45, 7) is 7.32. The van der Waals surface area contributed by atoms with E-state index >= 15 is 0 Å². The standard InChI is InChI=1S/C20H27N3O4/c1-14-18(15(2)27-22-14)12-20(24)21-13-19(23-8-10-26-11-9-23)16-4-6-17(25-3)7-5-16/h4-7,19H,8-13H2,1-3H3,(H,21,24). The van der Waals surface area contributed by atoms with Crippen LogP contribution in [0.1, 0.15) is 28.6 Å². The first-order valence-electron chi connectivity index (χ1n) is 9.22. The molecular formula is C20H27N3O4. The largest absolute Gasteiger partial charge is 0.497 e. The minimum absolute atomic E-state index is 0.0313. The average Bonchev–Trinajstić information content (AvgIpc) is 3.01. The fourth-order valence-electron chi connectivity index (χ4n) is 3.36. The first-order chi connectivity index (χ1) is 13.1. The predicted octanol–water partition coefficient (Wildman–Crippen LogP) is 2.03. The number of amides is 1. The Morgan fingerprint density at radius 3 is 2.56 bits per heavy atom. The molecule has 0 bridgehead atoms. The number of nitrogens with one attached hydrogen (secondary N) is 1. The van der Waals surface area contributed by atoms with Crippen LogP contribution in [0.4, 0.5) is 0 Å². The number of morpholine rings is 1. The quantitative estimate of drug-likeness (QED) is 0.800. The topological polar surface area (TPSA) is 76.8 Å². The molecule has 1 aromatic carbocycles. The Morgan fingerprint density at radius 1 is 1.26 bits per heavy atom. The van der Waals surface area contributed by atoms with Gasteiger partial charge in [0.25, 0.3) is 0 Å². The summed E-state index contributed by atoms with van der Waals surface area (Å²) in [5.41, 5.74) is 2.78. The van der Waals surface area contributed by atoms with Crippen molar-refractivity contribution in [2.45, 2.75) is 26.3 Å². The molecule has 2 heterocycles. The van der Waals surface area contributed by atoms with Crippen LogP contribution in [0.25, 0.3) is 0 Å². The Morgan fingerprint density at radius 2 is 1.96 bits per heavy atom. The van der Waals surface area contributed by atoms with Crippen LogP contribution in [-0.2, 0) is 16.0 Å². The summed E-state index contributed by atoms with van der Waals surface area (Å²) < 4.78 is 15.9. The maximum atomic E-state index is 12.5. The van der Waals surface area contributed by atoms with Crippen molar-refractivity contribution in [1.29, 1.82) is 0 Å². The summed E-state index contributed by atoms with van der Waals surface area (Å²) >= 11 is 0. The van der Waals surface area contributed by atoms with Crippen LogP contribution < -0.4 is 10.1 Å². The Bertz CT molecular complexity index is 732. The molecule has 27 heavy (non-hydrogen) atoms. The number of hydrogen-bond acceptors (Lipinski definition) is 6. The number of ether oxygens (including phenoxy) is 2. The highest BCUT2D eigenvalue weighted by atomic mass is 16.5. The Hall–Kier alpha value is -2.38. The highest BCUT2D eigenvalue weighted by Crippen LogP contribution is 2.24. The number of carbonyl (C=O) groups is 1. The molecule has 0 saturated carbocycles. The molecule has 0 aliphatic carbocycles. The van der Waals surface area contributed by atoms with E-state index in [9.17, 15) is 4.79 Å². The molecule has 1 unspecified atom stereocenters. The zero-order valence-electron chi connectivity index (χ0n) is 16.2. The van der Waals surface area contributed by atoms with Gasteiger partial charge in [-0.05, 0) is 31.5 Å². The number of methoxy groups -OCH3 is 1. The highest BCUT2D eigenvalue weighted by Gasteiger charge is 2.23. The van der Waals surface area contributed by atoms with E-state index < -0.39 is 0 Å². The van der Waals surface area contributed by atoms with Crippen LogP contribution >= 0.6 is 0 Å². The van der Waals surface area contributed by atoms with Gasteiger partial charge in [-0.15, -0.1) is 0 Å². The van der Waals surface area contributed by atoms with E-state index in [1.165, 1.54) is 0 Å². The molecular weight excluding hydrogens is 346 g/mol. The number of hydrogen-bond donors (Lipinski definition) is 1. The first kappa shape index (κ1) is 19.4. The molecule has 1 aliphatic heterocycles. The van der Waals surface area contributed by atoms with Crippen LogP contribution in [0.2, 0.25) is 0 Å². The second kappa shape index (κ2) is 9.01. The number of benzene rings is 1. The maximum absolute atomic E-state index is 12.5. The van der Waals surface area contributed by atoms with Crippen LogP contribution in [0.15, 0.2) is 28.8 Å². The molecule has 1 aromatic heterocycles. The molecule has 1 N–H and O–H groups in total. The number of rotatable bonds is 7. The molecule has 1 fully saturated rings. The lowest BCUT2D eigenvalue weighted by atomic mass is 10.0. The zero-order valence-corrected chi connectivity index (χ0v) is 16.2. The van der Waals surface area contributed by atoms with Gasteiger partial charge in [-0.3, -0.25) is 9.69 Å². The van der Waals surface area contributed by atoms with Gasteiger partial charge in [-0.25, -0.2) is 0 Å². The first-order valence-corrected chi connectivity index (χ1v) is 9.22. The third-order valence-corrected chi connectivity index (χ3v) is 5.00. The van der Waals surface area contributed by atoms with Crippen molar-refractivity contribution in [2.75, 3.05) is 40.0 Å². The van der Waals surface area contributed by atoms with Gasteiger partial charge in [0, 0.05) is 25.2 Å². The minimum Gasteiger partial charge on any atom is -0.497 e. The third kappa shape index (κ3) is 4.87. The van der Waals surface area contributed by atoms with Gasteiger partial charge in [0.1, 0.15) is 11.5 Å².